The van der Waals surface area contributed by atoms with Crippen LogP contribution >= 0.6 is 23.1 Å². The van der Waals surface area contributed by atoms with Crippen LogP contribution < -0.4 is 5.32 Å². The highest BCUT2D eigenvalue weighted by Gasteiger charge is 2.17. The predicted octanol–water partition coefficient (Wildman–Crippen LogP) is 3.34. The third-order valence-corrected chi connectivity index (χ3v) is 5.63. The van der Waals surface area contributed by atoms with E-state index in [1.54, 1.807) is 23.5 Å². The van der Waals surface area contributed by atoms with Gasteiger partial charge in [-0.1, -0.05) is 12.1 Å². The van der Waals surface area contributed by atoms with E-state index in [-0.39, 0.29) is 5.91 Å². The van der Waals surface area contributed by atoms with E-state index < -0.39 is 0 Å². The zero-order chi connectivity index (χ0) is 14.7. The van der Waals surface area contributed by atoms with Gasteiger partial charge in [-0.15, -0.1) is 11.3 Å². The number of nitrogens with one attached hydrogen (secondary N) is 1. The van der Waals surface area contributed by atoms with Gasteiger partial charge in [0.05, 0.1) is 16.5 Å². The highest BCUT2D eigenvalue weighted by Crippen LogP contribution is 2.31. The number of thioether (sulfide) groups is 1. The maximum absolute atomic E-state index is 12.2. The smallest absolute Gasteiger partial charge is 0.261 e. The Hall–Kier alpha value is -1.77. The van der Waals surface area contributed by atoms with E-state index in [0.717, 1.165) is 28.4 Å². The zero-order valence-corrected chi connectivity index (χ0v) is 13.0. The molecule has 0 radical (unpaired) electrons. The summed E-state index contributed by atoms with van der Waals surface area (Å²) in [7, 11) is 0. The highest BCUT2D eigenvalue weighted by molar-refractivity contribution is 7.98. The molecule has 106 valence electrons. The number of amides is 1. The number of nitriles is 1. The highest BCUT2D eigenvalue weighted by atomic mass is 32.2. The van der Waals surface area contributed by atoms with Gasteiger partial charge in [-0.25, -0.2) is 0 Å². The largest absolute Gasteiger partial charge is 0.347 e. The van der Waals surface area contributed by atoms with Crippen molar-refractivity contribution in [3.8, 4) is 6.07 Å². The van der Waals surface area contributed by atoms with Crippen molar-refractivity contribution in [3.05, 3.63) is 56.8 Å². The van der Waals surface area contributed by atoms with Crippen LogP contribution in [-0.2, 0) is 18.7 Å². The van der Waals surface area contributed by atoms with E-state index in [4.69, 9.17) is 5.26 Å². The Balaban J connectivity index is 1.63. The molecule has 1 amide bonds. The maximum atomic E-state index is 12.2. The molecule has 0 saturated carbocycles. The number of carbonyl (C=O) groups is 1. The summed E-state index contributed by atoms with van der Waals surface area (Å²) in [4.78, 5) is 14.4. The lowest BCUT2D eigenvalue weighted by atomic mass is 10.1. The molecule has 0 saturated heterocycles. The van der Waals surface area contributed by atoms with Gasteiger partial charge in [0.2, 0.25) is 0 Å². The quantitative estimate of drug-likeness (QED) is 0.945. The molecule has 21 heavy (non-hydrogen) atoms. The maximum Gasteiger partial charge on any atom is 0.261 e. The summed E-state index contributed by atoms with van der Waals surface area (Å²) in [6.45, 7) is 0.488. The van der Waals surface area contributed by atoms with Crippen LogP contribution in [0.2, 0.25) is 0 Å². The van der Waals surface area contributed by atoms with E-state index in [9.17, 15) is 4.79 Å². The van der Waals surface area contributed by atoms with Crippen LogP contribution in [0.5, 0.6) is 0 Å². The van der Waals surface area contributed by atoms with Gasteiger partial charge in [0.15, 0.2) is 0 Å². The number of aryl methyl sites for hydroxylation is 1. The van der Waals surface area contributed by atoms with E-state index in [1.165, 1.54) is 10.4 Å². The lowest BCUT2D eigenvalue weighted by molar-refractivity contribution is 0.0955. The molecule has 0 fully saturated rings. The second-order valence-corrected chi connectivity index (χ2v) is 7.09. The minimum Gasteiger partial charge on any atom is -0.347 e. The minimum atomic E-state index is -0.0104. The van der Waals surface area contributed by atoms with Gasteiger partial charge in [0.1, 0.15) is 0 Å². The molecule has 1 aliphatic heterocycles. The number of fused-ring (bicyclic) bond motifs is 1. The molecule has 1 aliphatic rings. The van der Waals surface area contributed by atoms with E-state index in [1.807, 2.05) is 30.0 Å². The fourth-order valence-electron chi connectivity index (χ4n) is 2.23. The Bertz CT molecular complexity index is 675. The average Bonchev–Trinajstić information content (AvgIpc) is 2.97. The minimum absolute atomic E-state index is 0.0104. The Labute approximate surface area is 132 Å². The third-order valence-electron chi connectivity index (χ3n) is 3.39. The first-order valence-corrected chi connectivity index (χ1v) is 8.70. The second kappa shape index (κ2) is 6.33. The third kappa shape index (κ3) is 3.29. The number of nitrogens with zero attached hydrogens (tertiary/aromatic N) is 1. The molecule has 0 spiro atoms. The molecule has 1 N–H and O–H groups in total. The Morgan fingerprint density at radius 2 is 2.14 bits per heavy atom. The van der Waals surface area contributed by atoms with Crippen molar-refractivity contribution in [3.63, 3.8) is 0 Å². The lowest BCUT2D eigenvalue weighted by Gasteiger charge is -2.08. The Kier molecular flexibility index (Phi) is 4.28. The number of benzene rings is 1. The monoisotopic (exact) mass is 314 g/mol. The van der Waals surface area contributed by atoms with Crippen molar-refractivity contribution in [2.75, 3.05) is 5.75 Å². The number of rotatable bonds is 3. The summed E-state index contributed by atoms with van der Waals surface area (Å²) in [5, 5.41) is 11.7. The normalized spacial score (nSPS) is 13.3. The second-order valence-electron chi connectivity index (χ2n) is 4.85. The van der Waals surface area contributed by atoms with Gasteiger partial charge in [0.25, 0.3) is 5.91 Å². The van der Waals surface area contributed by atoms with Crippen molar-refractivity contribution < 1.29 is 4.79 Å². The van der Waals surface area contributed by atoms with E-state index >= 15 is 0 Å². The fourth-order valence-corrected chi connectivity index (χ4v) is 4.51. The standard InChI is InChI=1S/C16H14N2OS2/c17-8-11-1-3-12(4-2-11)9-18-16(19)15-7-13-10-20-6-5-14(13)21-15/h1-4,7H,5-6,9-10H2,(H,18,19). The van der Waals surface area contributed by atoms with E-state index in [0.29, 0.717) is 12.1 Å². The van der Waals surface area contributed by atoms with E-state index in [2.05, 4.69) is 11.4 Å². The Morgan fingerprint density at radius 1 is 1.33 bits per heavy atom. The molecule has 0 aliphatic carbocycles. The topological polar surface area (TPSA) is 52.9 Å². The SMILES string of the molecule is N#Cc1ccc(CNC(=O)c2cc3c(s2)CCSC3)cc1. The molecule has 2 heterocycles. The molecule has 3 nitrogen and oxygen atoms in total. The molecular weight excluding hydrogens is 300 g/mol. The first kappa shape index (κ1) is 14.2. The molecule has 0 atom stereocenters. The molecule has 0 unspecified atom stereocenters. The van der Waals surface area contributed by atoms with Crippen molar-refractivity contribution in [1.29, 1.82) is 5.26 Å². The zero-order valence-electron chi connectivity index (χ0n) is 11.4. The van der Waals surface area contributed by atoms with Gasteiger partial charge in [-0.3, -0.25) is 4.79 Å². The number of hydrogen-bond acceptors (Lipinski definition) is 4. The summed E-state index contributed by atoms with van der Waals surface area (Å²) in [5.41, 5.74) is 2.95. The van der Waals surface area contributed by atoms with Crippen LogP contribution in [0.15, 0.2) is 30.3 Å². The van der Waals surface area contributed by atoms with Crippen LogP contribution in [0, 0.1) is 11.3 Å². The van der Waals surface area contributed by atoms with Crippen molar-refractivity contribution in [2.24, 2.45) is 0 Å². The first-order chi connectivity index (χ1) is 10.3. The van der Waals surface area contributed by atoms with Gasteiger partial charge in [0, 0.05) is 17.2 Å². The Morgan fingerprint density at radius 3 is 2.86 bits per heavy atom. The molecule has 2 aromatic rings. The average molecular weight is 314 g/mol. The number of thiophene rings is 1. The summed E-state index contributed by atoms with van der Waals surface area (Å²) >= 11 is 3.54. The van der Waals surface area contributed by atoms with Crippen molar-refractivity contribution >= 4 is 29.0 Å². The summed E-state index contributed by atoms with van der Waals surface area (Å²) in [6, 6.07) is 11.4. The van der Waals surface area contributed by atoms with Gasteiger partial charge in [-0.05, 0) is 41.5 Å². The van der Waals surface area contributed by atoms with Crippen LogP contribution in [-0.4, -0.2) is 11.7 Å². The fraction of sp³-hybridized carbons (Fsp3) is 0.250. The van der Waals surface area contributed by atoms with Crippen molar-refractivity contribution in [2.45, 2.75) is 18.7 Å². The number of carbonyl (C=O) groups excluding carboxylic acids is 1. The van der Waals surface area contributed by atoms with Crippen LogP contribution in [0.1, 0.15) is 31.2 Å². The molecule has 5 heteroatoms. The van der Waals surface area contributed by atoms with Gasteiger partial charge in [-0.2, -0.15) is 17.0 Å². The van der Waals surface area contributed by atoms with Crippen molar-refractivity contribution in [1.82, 2.24) is 5.32 Å². The molecular formula is C16H14N2OS2. The van der Waals surface area contributed by atoms with Crippen LogP contribution in [0.3, 0.4) is 0 Å². The molecule has 1 aromatic carbocycles. The first-order valence-electron chi connectivity index (χ1n) is 6.73. The van der Waals surface area contributed by atoms with Gasteiger partial charge < -0.3 is 5.32 Å². The predicted molar refractivity (Wildman–Crippen MR) is 86.5 cm³/mol. The lowest BCUT2D eigenvalue weighted by Crippen LogP contribution is -2.21. The summed E-state index contributed by atoms with van der Waals surface area (Å²) in [5.74, 6) is 2.16. The van der Waals surface area contributed by atoms with Crippen LogP contribution in [0.25, 0.3) is 0 Å². The molecule has 1 aromatic heterocycles. The summed E-state index contributed by atoms with van der Waals surface area (Å²) < 4.78 is 0. The van der Waals surface area contributed by atoms with Gasteiger partial charge >= 0.3 is 0 Å². The summed E-state index contributed by atoms with van der Waals surface area (Å²) in [6.07, 6.45) is 1.08. The number of hydrogen-bond donors (Lipinski definition) is 1. The molecule has 0 bridgehead atoms. The molecule has 3 rings (SSSR count). The van der Waals surface area contributed by atoms with Crippen LogP contribution in [0.4, 0.5) is 0 Å².